The number of ether oxygens (including phenoxy) is 1. The SMILES string of the molecule is COCC(N)C(=O)Nc1ccccc1C(=O)NC(C)c1ccccc1.Cl. The molecule has 0 spiro atoms. The van der Waals surface area contributed by atoms with Crippen LogP contribution in [0, 0.1) is 0 Å². The van der Waals surface area contributed by atoms with E-state index in [0.717, 1.165) is 5.56 Å². The van der Waals surface area contributed by atoms with Gasteiger partial charge in [-0.25, -0.2) is 0 Å². The van der Waals surface area contributed by atoms with E-state index in [2.05, 4.69) is 10.6 Å². The van der Waals surface area contributed by atoms with Crippen molar-refractivity contribution in [3.05, 3.63) is 65.7 Å². The van der Waals surface area contributed by atoms with Crippen LogP contribution in [0.3, 0.4) is 0 Å². The third-order valence-electron chi connectivity index (χ3n) is 3.76. The van der Waals surface area contributed by atoms with Crippen molar-refractivity contribution in [2.45, 2.75) is 19.0 Å². The number of halogens is 1. The quantitative estimate of drug-likeness (QED) is 0.691. The minimum absolute atomic E-state index is 0. The molecule has 2 unspecified atom stereocenters. The van der Waals surface area contributed by atoms with Crippen LogP contribution in [0.1, 0.15) is 28.9 Å². The van der Waals surface area contributed by atoms with Gasteiger partial charge in [-0.1, -0.05) is 42.5 Å². The second kappa shape index (κ2) is 10.6. The van der Waals surface area contributed by atoms with Gasteiger partial charge in [0.1, 0.15) is 6.04 Å². The number of amides is 2. The minimum atomic E-state index is -0.802. The fraction of sp³-hybridized carbons (Fsp3) is 0.263. The predicted octanol–water partition coefficient (Wildman–Crippen LogP) is 2.51. The largest absolute Gasteiger partial charge is 0.383 e. The topological polar surface area (TPSA) is 93.4 Å². The number of benzene rings is 2. The van der Waals surface area contributed by atoms with Crippen molar-refractivity contribution in [1.82, 2.24) is 5.32 Å². The van der Waals surface area contributed by atoms with Gasteiger partial charge in [0, 0.05) is 7.11 Å². The fourth-order valence-electron chi connectivity index (χ4n) is 2.37. The van der Waals surface area contributed by atoms with Gasteiger partial charge in [-0.2, -0.15) is 0 Å². The van der Waals surface area contributed by atoms with Gasteiger partial charge in [-0.05, 0) is 24.6 Å². The maximum Gasteiger partial charge on any atom is 0.253 e. The minimum Gasteiger partial charge on any atom is -0.383 e. The third kappa shape index (κ3) is 5.84. The molecule has 0 saturated heterocycles. The lowest BCUT2D eigenvalue weighted by Crippen LogP contribution is -2.39. The smallest absolute Gasteiger partial charge is 0.253 e. The molecule has 2 atom stereocenters. The van der Waals surface area contributed by atoms with Gasteiger partial charge >= 0.3 is 0 Å². The molecule has 0 aliphatic rings. The molecule has 2 rings (SSSR count). The van der Waals surface area contributed by atoms with Crippen molar-refractivity contribution < 1.29 is 14.3 Å². The molecule has 2 aromatic carbocycles. The zero-order valence-corrected chi connectivity index (χ0v) is 15.6. The standard InChI is InChI=1S/C19H23N3O3.ClH/c1-13(14-8-4-3-5-9-14)21-18(23)15-10-6-7-11-17(15)22-19(24)16(20)12-25-2;/h3-11,13,16H,12,20H2,1-2H3,(H,21,23)(H,22,24);1H. The monoisotopic (exact) mass is 377 g/mol. The highest BCUT2D eigenvalue weighted by molar-refractivity contribution is 6.04. The van der Waals surface area contributed by atoms with Crippen LogP contribution < -0.4 is 16.4 Å². The summed E-state index contributed by atoms with van der Waals surface area (Å²) in [7, 11) is 1.47. The molecule has 0 bridgehead atoms. The first kappa shape index (κ1) is 21.6. The highest BCUT2D eigenvalue weighted by Crippen LogP contribution is 2.18. The van der Waals surface area contributed by atoms with Crippen molar-refractivity contribution in [3.8, 4) is 0 Å². The number of para-hydroxylation sites is 1. The Bertz CT molecular complexity index is 725. The molecule has 0 radical (unpaired) electrons. The van der Waals surface area contributed by atoms with Gasteiger partial charge in [0.05, 0.1) is 23.9 Å². The molecule has 4 N–H and O–H groups in total. The number of carbonyl (C=O) groups excluding carboxylic acids is 2. The summed E-state index contributed by atoms with van der Waals surface area (Å²) in [5, 5.41) is 5.62. The Balaban J connectivity index is 0.00000338. The normalized spacial score (nSPS) is 12.4. The zero-order chi connectivity index (χ0) is 18.2. The molecule has 140 valence electrons. The van der Waals surface area contributed by atoms with E-state index in [0.29, 0.717) is 11.3 Å². The lowest BCUT2D eigenvalue weighted by molar-refractivity contribution is -0.118. The van der Waals surface area contributed by atoms with Crippen molar-refractivity contribution in [2.75, 3.05) is 19.0 Å². The second-order valence-corrected chi connectivity index (χ2v) is 5.70. The number of nitrogens with one attached hydrogen (secondary N) is 2. The number of hydrogen-bond donors (Lipinski definition) is 3. The third-order valence-corrected chi connectivity index (χ3v) is 3.76. The van der Waals surface area contributed by atoms with Crippen molar-refractivity contribution in [2.24, 2.45) is 5.73 Å². The molecule has 26 heavy (non-hydrogen) atoms. The maximum atomic E-state index is 12.6. The van der Waals surface area contributed by atoms with E-state index in [1.807, 2.05) is 37.3 Å². The first-order valence-corrected chi connectivity index (χ1v) is 8.03. The van der Waals surface area contributed by atoms with E-state index < -0.39 is 11.9 Å². The van der Waals surface area contributed by atoms with Crippen LogP contribution in [0.5, 0.6) is 0 Å². The van der Waals surface area contributed by atoms with E-state index in [9.17, 15) is 9.59 Å². The summed E-state index contributed by atoms with van der Waals surface area (Å²) in [6, 6.07) is 15.5. The van der Waals surface area contributed by atoms with Gasteiger partial charge in [0.15, 0.2) is 0 Å². The Labute approximate surface area is 159 Å². The molecule has 6 nitrogen and oxygen atoms in total. The molecule has 7 heteroatoms. The lowest BCUT2D eigenvalue weighted by Gasteiger charge is -2.17. The van der Waals surface area contributed by atoms with E-state index in [4.69, 9.17) is 10.5 Å². The Morgan fingerprint density at radius 3 is 2.35 bits per heavy atom. The van der Waals surface area contributed by atoms with Crippen LogP contribution >= 0.6 is 12.4 Å². The number of rotatable bonds is 7. The molecule has 2 amide bonds. The Kier molecular flexibility index (Phi) is 8.78. The first-order valence-electron chi connectivity index (χ1n) is 8.03. The van der Waals surface area contributed by atoms with Crippen LogP contribution in [0.15, 0.2) is 54.6 Å². The summed E-state index contributed by atoms with van der Waals surface area (Å²) in [6.45, 7) is 2.01. The van der Waals surface area contributed by atoms with Gasteiger partial charge in [0.2, 0.25) is 5.91 Å². The number of hydrogen-bond acceptors (Lipinski definition) is 4. The maximum absolute atomic E-state index is 12.6. The van der Waals surface area contributed by atoms with Gasteiger partial charge in [0.25, 0.3) is 5.91 Å². The average Bonchev–Trinajstić information content (AvgIpc) is 2.63. The van der Waals surface area contributed by atoms with Gasteiger partial charge < -0.3 is 21.1 Å². The van der Waals surface area contributed by atoms with Gasteiger partial charge in [-0.3, -0.25) is 9.59 Å². The Hall–Kier alpha value is -2.41. The predicted molar refractivity (Wildman–Crippen MR) is 104 cm³/mol. The zero-order valence-electron chi connectivity index (χ0n) is 14.8. The van der Waals surface area contributed by atoms with Crippen LogP contribution in [-0.4, -0.2) is 31.6 Å². The molecule has 0 aliphatic carbocycles. The van der Waals surface area contributed by atoms with Gasteiger partial charge in [-0.15, -0.1) is 12.4 Å². The number of carbonyl (C=O) groups is 2. The van der Waals surface area contributed by atoms with E-state index in [1.165, 1.54) is 7.11 Å². The summed E-state index contributed by atoms with van der Waals surface area (Å²) in [6.07, 6.45) is 0. The summed E-state index contributed by atoms with van der Waals surface area (Å²) >= 11 is 0. The average molecular weight is 378 g/mol. The van der Waals surface area contributed by atoms with E-state index in [1.54, 1.807) is 24.3 Å². The summed E-state index contributed by atoms with van der Waals surface area (Å²) in [4.78, 5) is 24.7. The summed E-state index contributed by atoms with van der Waals surface area (Å²) < 4.78 is 4.88. The molecule has 0 aromatic heterocycles. The Morgan fingerprint density at radius 1 is 1.08 bits per heavy atom. The molecular formula is C19H24ClN3O3. The van der Waals surface area contributed by atoms with Crippen LogP contribution in [0.25, 0.3) is 0 Å². The summed E-state index contributed by atoms with van der Waals surface area (Å²) in [5.74, 6) is -0.675. The van der Waals surface area contributed by atoms with E-state index in [-0.39, 0.29) is 31.0 Å². The van der Waals surface area contributed by atoms with Crippen LogP contribution in [-0.2, 0) is 9.53 Å². The second-order valence-electron chi connectivity index (χ2n) is 5.70. The lowest BCUT2D eigenvalue weighted by atomic mass is 10.1. The summed E-state index contributed by atoms with van der Waals surface area (Å²) in [5.41, 5.74) is 7.51. The highest BCUT2D eigenvalue weighted by Gasteiger charge is 2.18. The van der Waals surface area contributed by atoms with Crippen LogP contribution in [0.4, 0.5) is 5.69 Å². The molecular weight excluding hydrogens is 354 g/mol. The van der Waals surface area contributed by atoms with Crippen molar-refractivity contribution >= 4 is 29.9 Å². The van der Waals surface area contributed by atoms with Crippen LogP contribution in [0.2, 0.25) is 0 Å². The van der Waals surface area contributed by atoms with Crippen molar-refractivity contribution in [3.63, 3.8) is 0 Å². The van der Waals surface area contributed by atoms with E-state index >= 15 is 0 Å². The van der Waals surface area contributed by atoms with Crippen molar-refractivity contribution in [1.29, 1.82) is 0 Å². The molecule has 0 aliphatic heterocycles. The molecule has 2 aromatic rings. The first-order chi connectivity index (χ1) is 12.0. The molecule has 0 heterocycles. The molecule has 0 fully saturated rings. The number of anilines is 1. The molecule has 0 saturated carbocycles. The Morgan fingerprint density at radius 2 is 1.69 bits per heavy atom. The number of nitrogens with two attached hydrogens (primary N) is 1. The fourth-order valence-corrected chi connectivity index (χ4v) is 2.37. The highest BCUT2D eigenvalue weighted by atomic mass is 35.5. The number of methoxy groups -OCH3 is 1.